The molecule has 2 aromatic rings. The fourth-order valence-corrected chi connectivity index (χ4v) is 4.54. The average molecular weight is 447 g/mol. The van der Waals surface area contributed by atoms with Crippen molar-refractivity contribution in [1.82, 2.24) is 4.90 Å². The van der Waals surface area contributed by atoms with E-state index in [0.717, 1.165) is 24.8 Å². The summed E-state index contributed by atoms with van der Waals surface area (Å²) >= 11 is 0. The van der Waals surface area contributed by atoms with Gasteiger partial charge in [-0.1, -0.05) is 35.4 Å². The number of methoxy groups -OCH3 is 1. The van der Waals surface area contributed by atoms with Gasteiger partial charge < -0.3 is 9.64 Å². The Morgan fingerprint density at radius 2 is 1.91 bits per heavy atom. The first-order valence-electron chi connectivity index (χ1n) is 11.5. The molecule has 1 aliphatic heterocycles. The number of carbonyl (C=O) groups is 3. The third kappa shape index (κ3) is 5.00. The molecule has 2 aromatic carbocycles. The summed E-state index contributed by atoms with van der Waals surface area (Å²) in [5, 5.41) is 0. The molecule has 1 atom stereocenters. The van der Waals surface area contributed by atoms with Crippen LogP contribution < -0.4 is 9.64 Å². The molecule has 1 unspecified atom stereocenters. The number of ether oxygens (including phenoxy) is 1. The number of benzene rings is 2. The Labute approximate surface area is 194 Å². The molecule has 6 nitrogen and oxygen atoms in total. The Morgan fingerprint density at radius 1 is 1.12 bits per heavy atom. The maximum Gasteiger partial charge on any atom is 0.257 e. The van der Waals surface area contributed by atoms with Crippen LogP contribution in [0.15, 0.2) is 60.2 Å². The minimum atomic E-state index is -0.818. The van der Waals surface area contributed by atoms with Gasteiger partial charge in [-0.15, -0.1) is 0 Å². The smallest absolute Gasteiger partial charge is 0.257 e. The van der Waals surface area contributed by atoms with Crippen LogP contribution in [0, 0.1) is 6.92 Å². The summed E-state index contributed by atoms with van der Waals surface area (Å²) in [6, 6.07) is 13.4. The van der Waals surface area contributed by atoms with Gasteiger partial charge >= 0.3 is 0 Å². The maximum atomic E-state index is 13.6. The molecule has 0 N–H and O–H groups in total. The number of hydrogen-bond donors (Lipinski definition) is 0. The number of carbonyl (C=O) groups excluding carboxylic acids is 3. The minimum Gasteiger partial charge on any atom is -0.497 e. The van der Waals surface area contributed by atoms with Gasteiger partial charge in [-0.25, -0.2) is 4.90 Å². The van der Waals surface area contributed by atoms with Crippen molar-refractivity contribution in [3.63, 3.8) is 0 Å². The summed E-state index contributed by atoms with van der Waals surface area (Å²) in [4.78, 5) is 42.7. The van der Waals surface area contributed by atoms with Crippen LogP contribution in [0.5, 0.6) is 5.75 Å². The first-order valence-corrected chi connectivity index (χ1v) is 11.5. The lowest BCUT2D eigenvalue weighted by Gasteiger charge is -2.29. The van der Waals surface area contributed by atoms with Crippen LogP contribution in [0.4, 0.5) is 5.69 Å². The summed E-state index contributed by atoms with van der Waals surface area (Å²) in [5.41, 5.74) is 3.35. The van der Waals surface area contributed by atoms with Crippen LogP contribution in [-0.4, -0.2) is 42.3 Å². The van der Waals surface area contributed by atoms with Crippen molar-refractivity contribution in [2.75, 3.05) is 18.6 Å². The zero-order valence-electron chi connectivity index (χ0n) is 19.3. The predicted molar refractivity (Wildman–Crippen MR) is 127 cm³/mol. The monoisotopic (exact) mass is 446 g/mol. The molecular formula is C27H30N2O4. The van der Waals surface area contributed by atoms with Crippen LogP contribution in [0.1, 0.15) is 54.4 Å². The molecule has 1 fully saturated rings. The van der Waals surface area contributed by atoms with Crippen LogP contribution in [0.25, 0.3) is 0 Å². The van der Waals surface area contributed by atoms with Crippen molar-refractivity contribution < 1.29 is 19.1 Å². The Balaban J connectivity index is 1.62. The van der Waals surface area contributed by atoms with Crippen LogP contribution in [-0.2, 0) is 9.59 Å². The third-order valence-corrected chi connectivity index (χ3v) is 6.43. The highest BCUT2D eigenvalue weighted by molar-refractivity contribution is 6.23. The van der Waals surface area contributed by atoms with E-state index in [9.17, 15) is 14.4 Å². The van der Waals surface area contributed by atoms with E-state index in [1.165, 1.54) is 16.9 Å². The Bertz CT molecular complexity index is 1070. The van der Waals surface area contributed by atoms with E-state index >= 15 is 0 Å². The molecule has 33 heavy (non-hydrogen) atoms. The number of allylic oxidation sites excluding steroid dienone is 1. The van der Waals surface area contributed by atoms with Gasteiger partial charge in [-0.2, -0.15) is 0 Å². The Morgan fingerprint density at radius 3 is 2.61 bits per heavy atom. The van der Waals surface area contributed by atoms with Crippen molar-refractivity contribution in [3.05, 3.63) is 71.3 Å². The molecular weight excluding hydrogens is 416 g/mol. The molecule has 2 aliphatic rings. The molecule has 3 amide bonds. The molecule has 6 heteroatoms. The fraction of sp³-hybridized carbons (Fsp3) is 0.370. The van der Waals surface area contributed by atoms with E-state index < -0.39 is 6.04 Å². The normalized spacial score (nSPS) is 18.3. The van der Waals surface area contributed by atoms with Crippen molar-refractivity contribution >= 4 is 23.4 Å². The Kier molecular flexibility index (Phi) is 6.92. The van der Waals surface area contributed by atoms with Crippen LogP contribution in [0.3, 0.4) is 0 Å². The van der Waals surface area contributed by atoms with Gasteiger partial charge in [-0.3, -0.25) is 14.4 Å². The molecule has 1 aliphatic carbocycles. The number of aryl methyl sites for hydroxylation is 1. The number of anilines is 1. The second-order valence-electron chi connectivity index (χ2n) is 8.71. The highest BCUT2D eigenvalue weighted by Crippen LogP contribution is 2.29. The Hall–Kier alpha value is -3.41. The molecule has 1 heterocycles. The third-order valence-electron chi connectivity index (χ3n) is 6.43. The van der Waals surface area contributed by atoms with Gasteiger partial charge in [0.15, 0.2) is 0 Å². The highest BCUT2D eigenvalue weighted by atomic mass is 16.5. The largest absolute Gasteiger partial charge is 0.497 e. The van der Waals surface area contributed by atoms with E-state index in [1.807, 2.05) is 19.1 Å². The zero-order valence-corrected chi connectivity index (χ0v) is 19.3. The second-order valence-corrected chi connectivity index (χ2v) is 8.71. The maximum absolute atomic E-state index is 13.6. The first kappa shape index (κ1) is 22.8. The summed E-state index contributed by atoms with van der Waals surface area (Å²) in [7, 11) is 1.55. The number of nitrogens with zero attached hydrogens (tertiary/aromatic N) is 2. The number of rotatable bonds is 7. The van der Waals surface area contributed by atoms with Gasteiger partial charge in [0.2, 0.25) is 5.91 Å². The lowest BCUT2D eigenvalue weighted by atomic mass is 9.96. The lowest BCUT2D eigenvalue weighted by molar-refractivity contribution is -0.122. The standard InChI is InChI=1S/C27H30N2O4/c1-19-11-13-22(14-12-19)29-25(30)18-24(27(29)32)28(16-15-20-7-4-3-5-8-20)26(31)21-9-6-10-23(17-21)33-2/h6-7,9-14,17,24H,3-5,8,15-16,18H2,1-2H3. The van der Waals surface area contributed by atoms with Gasteiger partial charge in [0.1, 0.15) is 11.8 Å². The fourth-order valence-electron chi connectivity index (χ4n) is 4.54. The lowest BCUT2D eigenvalue weighted by Crippen LogP contribution is -2.46. The predicted octanol–water partition coefficient (Wildman–Crippen LogP) is 4.67. The SMILES string of the molecule is COc1cccc(C(=O)N(CCC2=CCCCC2)C2CC(=O)N(c3ccc(C)cc3)C2=O)c1. The quantitative estimate of drug-likeness (QED) is 0.458. The number of imide groups is 1. The molecule has 4 rings (SSSR count). The van der Waals surface area contributed by atoms with E-state index in [4.69, 9.17) is 4.74 Å². The van der Waals surface area contributed by atoms with Gasteiger partial charge in [0.05, 0.1) is 19.2 Å². The average Bonchev–Trinajstić information content (AvgIpc) is 3.14. The van der Waals surface area contributed by atoms with Gasteiger partial charge in [0.25, 0.3) is 11.8 Å². The molecule has 0 radical (unpaired) electrons. The summed E-state index contributed by atoms with van der Waals surface area (Å²) < 4.78 is 5.28. The summed E-state index contributed by atoms with van der Waals surface area (Å²) in [6.07, 6.45) is 7.36. The minimum absolute atomic E-state index is 0.0124. The van der Waals surface area contributed by atoms with Crippen LogP contribution in [0.2, 0.25) is 0 Å². The van der Waals surface area contributed by atoms with E-state index in [0.29, 0.717) is 30.0 Å². The van der Waals surface area contributed by atoms with Crippen molar-refractivity contribution in [3.8, 4) is 5.75 Å². The van der Waals surface area contributed by atoms with Crippen LogP contribution >= 0.6 is 0 Å². The molecule has 0 saturated carbocycles. The second kappa shape index (κ2) is 10.0. The van der Waals surface area contributed by atoms with Gasteiger partial charge in [0, 0.05) is 12.1 Å². The summed E-state index contributed by atoms with van der Waals surface area (Å²) in [6.45, 7) is 2.35. The molecule has 0 spiro atoms. The molecule has 0 aromatic heterocycles. The van der Waals surface area contributed by atoms with E-state index in [1.54, 1.807) is 48.4 Å². The first-order chi connectivity index (χ1) is 16.0. The number of hydrogen-bond acceptors (Lipinski definition) is 4. The van der Waals surface area contributed by atoms with E-state index in [-0.39, 0.29) is 24.1 Å². The summed E-state index contributed by atoms with van der Waals surface area (Å²) in [5.74, 6) is -0.319. The molecule has 172 valence electrons. The molecule has 0 bridgehead atoms. The van der Waals surface area contributed by atoms with Gasteiger partial charge in [-0.05, 0) is 69.4 Å². The van der Waals surface area contributed by atoms with Crippen molar-refractivity contribution in [2.24, 2.45) is 0 Å². The molecule has 1 saturated heterocycles. The van der Waals surface area contributed by atoms with Crippen molar-refractivity contribution in [1.29, 1.82) is 0 Å². The zero-order chi connectivity index (χ0) is 23.4. The van der Waals surface area contributed by atoms with Crippen molar-refractivity contribution in [2.45, 2.75) is 51.5 Å². The highest BCUT2D eigenvalue weighted by Gasteiger charge is 2.44. The topological polar surface area (TPSA) is 66.9 Å². The van der Waals surface area contributed by atoms with E-state index in [2.05, 4.69) is 6.08 Å². The number of amides is 3.